The number of nitrogens with zero attached hydrogens (tertiary/aromatic N) is 4. The van der Waals surface area contributed by atoms with Gasteiger partial charge in [0.2, 0.25) is 10.0 Å². The summed E-state index contributed by atoms with van der Waals surface area (Å²) in [4.78, 5) is 17.5. The van der Waals surface area contributed by atoms with Gasteiger partial charge in [-0.1, -0.05) is 11.6 Å². The Morgan fingerprint density at radius 1 is 1.35 bits per heavy atom. The van der Waals surface area contributed by atoms with Crippen LogP contribution in [-0.2, 0) is 4.74 Å². The third kappa shape index (κ3) is 4.21. The summed E-state index contributed by atoms with van der Waals surface area (Å²) in [5.41, 5.74) is 0.437. The number of morpholine rings is 1. The topological polar surface area (TPSA) is 68.4 Å². The third-order valence-corrected chi connectivity index (χ3v) is 3.27. The lowest BCUT2D eigenvalue weighted by molar-refractivity contribution is 0.0203. The number of carbonyl (C=O) groups is 1. The average molecular weight is 296 g/mol. The minimum Gasteiger partial charge on any atom is -0.379 e. The molecule has 0 radical (unpaired) electrons. The maximum Gasteiger partial charge on any atom is 0.360 e. The molecule has 1 heterocycles. The van der Waals surface area contributed by atoms with Crippen LogP contribution >= 0.6 is 11.6 Å². The Bertz CT molecular complexity index is 520. The molecule has 106 valence electrons. The summed E-state index contributed by atoms with van der Waals surface area (Å²) in [6.45, 7) is 4.93. The highest BCUT2D eigenvalue weighted by molar-refractivity contribution is 6.30. The Morgan fingerprint density at radius 2 is 2.00 bits per heavy atom. The number of halogens is 1. The molecule has 0 N–H and O–H groups in total. The molecule has 0 aliphatic carbocycles. The molecule has 6 nitrogen and oxygen atoms in total. The van der Waals surface area contributed by atoms with Crippen molar-refractivity contribution in [2.75, 3.05) is 26.3 Å². The van der Waals surface area contributed by atoms with Crippen molar-refractivity contribution < 1.29 is 9.53 Å². The van der Waals surface area contributed by atoms with Crippen LogP contribution in [-0.4, -0.2) is 43.3 Å². The molecule has 0 bridgehead atoms. The van der Waals surface area contributed by atoms with E-state index in [1.165, 1.54) is 0 Å². The Morgan fingerprint density at radius 3 is 2.65 bits per heavy atom. The zero-order valence-corrected chi connectivity index (χ0v) is 12.0. The van der Waals surface area contributed by atoms with Crippen molar-refractivity contribution in [1.82, 2.24) is 9.81 Å². The summed E-state index contributed by atoms with van der Waals surface area (Å²) in [5.74, 6) is -0.431. The third-order valence-electron chi connectivity index (χ3n) is 3.02. The lowest BCUT2D eigenvalue weighted by Crippen LogP contribution is -2.41. The van der Waals surface area contributed by atoms with Crippen molar-refractivity contribution in [1.29, 1.82) is 0 Å². The number of hydrogen-bond acceptors (Lipinski definition) is 4. The Kier molecular flexibility index (Phi) is 5.38. The molecule has 1 aromatic rings. The van der Waals surface area contributed by atoms with Crippen molar-refractivity contribution in [2.24, 2.45) is 10.2 Å². The molecular weight excluding hydrogens is 280 g/mol. The van der Waals surface area contributed by atoms with Gasteiger partial charge in [-0.25, -0.2) is 0 Å². The van der Waals surface area contributed by atoms with Gasteiger partial charge >= 0.3 is 5.91 Å². The molecule has 0 saturated carbocycles. The number of ether oxygens (including phenoxy) is 1. The number of carbonyl (C=O) groups excluding carboxylic acids is 1. The second-order valence-electron chi connectivity index (χ2n) is 4.40. The van der Waals surface area contributed by atoms with Gasteiger partial charge in [0.15, 0.2) is 6.17 Å². The quantitative estimate of drug-likeness (QED) is 0.633. The van der Waals surface area contributed by atoms with Gasteiger partial charge in [-0.2, -0.15) is 0 Å². The van der Waals surface area contributed by atoms with Crippen LogP contribution < -0.4 is 4.91 Å². The van der Waals surface area contributed by atoms with Crippen LogP contribution in [0.15, 0.2) is 34.5 Å². The van der Waals surface area contributed by atoms with E-state index in [4.69, 9.17) is 16.3 Å². The van der Waals surface area contributed by atoms with Gasteiger partial charge in [0.25, 0.3) is 0 Å². The molecule has 1 amide bonds. The van der Waals surface area contributed by atoms with Crippen molar-refractivity contribution >= 4 is 17.5 Å². The molecule has 2 rings (SSSR count). The molecular formula is C13H16ClN4O2+. The summed E-state index contributed by atoms with van der Waals surface area (Å²) in [5, 5.41) is 8.16. The lowest BCUT2D eigenvalue weighted by Gasteiger charge is -2.26. The molecule has 1 fully saturated rings. The van der Waals surface area contributed by atoms with E-state index in [0.717, 1.165) is 13.1 Å². The normalized spacial score (nSPS) is 17.1. The van der Waals surface area contributed by atoms with E-state index in [2.05, 4.69) is 20.0 Å². The van der Waals surface area contributed by atoms with Gasteiger partial charge in [0.05, 0.1) is 13.2 Å². The predicted molar refractivity (Wildman–Crippen MR) is 74.6 cm³/mol. The van der Waals surface area contributed by atoms with Crippen LogP contribution in [0.2, 0.25) is 5.02 Å². The molecule has 7 heteroatoms. The lowest BCUT2D eigenvalue weighted by atomic mass is 10.2. The van der Waals surface area contributed by atoms with Crippen molar-refractivity contribution in [3.8, 4) is 0 Å². The van der Waals surface area contributed by atoms with E-state index in [-0.39, 0.29) is 6.17 Å². The van der Waals surface area contributed by atoms with Gasteiger partial charge in [-0.15, -0.1) is 0 Å². The van der Waals surface area contributed by atoms with Gasteiger partial charge < -0.3 is 4.74 Å². The summed E-state index contributed by atoms with van der Waals surface area (Å²) in [6.07, 6.45) is -0.110. The predicted octanol–water partition coefficient (Wildman–Crippen LogP) is 2.13. The summed E-state index contributed by atoms with van der Waals surface area (Å²) in [7, 11) is 0. The molecule has 1 aromatic carbocycles. The maximum atomic E-state index is 11.7. The van der Waals surface area contributed by atoms with Gasteiger partial charge in [0, 0.05) is 23.7 Å². The van der Waals surface area contributed by atoms with E-state index in [1.54, 1.807) is 24.3 Å². The van der Waals surface area contributed by atoms with Crippen molar-refractivity contribution in [3.05, 3.63) is 34.9 Å². The zero-order valence-electron chi connectivity index (χ0n) is 11.2. The van der Waals surface area contributed by atoms with Gasteiger partial charge in [0.1, 0.15) is 5.11 Å². The van der Waals surface area contributed by atoms with E-state index in [0.29, 0.717) is 23.8 Å². The number of hydrogen-bond donors (Lipinski definition) is 0. The van der Waals surface area contributed by atoms with E-state index >= 15 is 0 Å². The van der Waals surface area contributed by atoms with E-state index in [1.807, 2.05) is 6.92 Å². The second kappa shape index (κ2) is 7.26. The maximum absolute atomic E-state index is 11.7. The minimum atomic E-state index is -0.431. The van der Waals surface area contributed by atoms with E-state index in [9.17, 15) is 4.79 Å². The average Bonchev–Trinajstić information content (AvgIpc) is 2.48. The number of rotatable bonds is 3. The molecule has 0 spiro atoms. The molecule has 1 atom stereocenters. The van der Waals surface area contributed by atoms with Crippen molar-refractivity contribution in [2.45, 2.75) is 13.1 Å². The highest BCUT2D eigenvalue weighted by Gasteiger charge is 2.19. The molecule has 1 unspecified atom stereocenters. The first-order valence-corrected chi connectivity index (χ1v) is 6.77. The fraction of sp³-hybridized carbons (Fsp3) is 0.462. The summed E-state index contributed by atoms with van der Waals surface area (Å²) < 4.78 is 5.26. The molecule has 1 saturated heterocycles. The first-order valence-electron chi connectivity index (χ1n) is 6.39. The van der Waals surface area contributed by atoms with Gasteiger partial charge in [-0.05, 0) is 31.2 Å². The molecule has 1 aliphatic heterocycles. The van der Waals surface area contributed by atoms with Crippen LogP contribution in [0, 0.1) is 0 Å². The molecule has 0 aromatic heterocycles. The van der Waals surface area contributed by atoms with Crippen LogP contribution in [0.3, 0.4) is 0 Å². The van der Waals surface area contributed by atoms with Gasteiger partial charge in [-0.3, -0.25) is 9.69 Å². The highest BCUT2D eigenvalue weighted by Crippen LogP contribution is 2.10. The summed E-state index contributed by atoms with van der Waals surface area (Å²) in [6, 6.07) is 6.49. The van der Waals surface area contributed by atoms with Crippen LogP contribution in [0.25, 0.3) is 0 Å². The van der Waals surface area contributed by atoms with Crippen LogP contribution in [0.4, 0.5) is 0 Å². The fourth-order valence-electron chi connectivity index (χ4n) is 1.82. The second-order valence-corrected chi connectivity index (χ2v) is 4.83. The van der Waals surface area contributed by atoms with Crippen molar-refractivity contribution in [3.63, 3.8) is 0 Å². The number of benzene rings is 1. The monoisotopic (exact) mass is 295 g/mol. The smallest absolute Gasteiger partial charge is 0.360 e. The van der Waals surface area contributed by atoms with E-state index < -0.39 is 5.91 Å². The zero-order chi connectivity index (χ0) is 14.4. The molecule has 1 aliphatic rings. The summed E-state index contributed by atoms with van der Waals surface area (Å²) >= 11 is 5.75. The minimum absolute atomic E-state index is 0.110. The Hall–Kier alpha value is -1.59. The SMILES string of the molecule is CC(N=[N+]=NC(=O)c1ccc(Cl)cc1)N1CCOCC1. The molecule has 20 heavy (non-hydrogen) atoms. The Balaban J connectivity index is 1.95. The first-order chi connectivity index (χ1) is 9.66. The van der Waals surface area contributed by atoms with Crippen LogP contribution in [0.5, 0.6) is 0 Å². The standard InChI is InChI=1S/C13H16ClN4O2/c1-10(18-6-8-20-9-7-18)15-17-16-13(19)11-2-4-12(14)5-3-11/h2-5,10H,6-9H2,1H3/q+1. The number of amides is 1. The fourth-order valence-corrected chi connectivity index (χ4v) is 1.94. The Labute approximate surface area is 122 Å². The highest BCUT2D eigenvalue weighted by atomic mass is 35.5. The largest absolute Gasteiger partial charge is 0.379 e. The van der Waals surface area contributed by atoms with Crippen LogP contribution in [0.1, 0.15) is 17.3 Å². The first kappa shape index (κ1) is 14.8.